The van der Waals surface area contributed by atoms with Gasteiger partial charge in [0.05, 0.1) is 25.0 Å². The Hall–Kier alpha value is -5.80. The van der Waals surface area contributed by atoms with Crippen molar-refractivity contribution in [2.24, 2.45) is 14.1 Å². The third-order valence-electron chi connectivity index (χ3n) is 8.76. The van der Waals surface area contributed by atoms with Gasteiger partial charge in [-0.05, 0) is 48.9 Å². The average molecular weight is 821 g/mol. The zero-order chi connectivity index (χ0) is 43.4. The molecular formula is C44H64N6O9+4. The van der Waals surface area contributed by atoms with Gasteiger partial charge in [-0.3, -0.25) is 14.4 Å². The van der Waals surface area contributed by atoms with Gasteiger partial charge in [0, 0.05) is 68.0 Å². The lowest BCUT2D eigenvalue weighted by Crippen LogP contribution is -2.36. The number of aryl methyl sites for hydroxylation is 2. The maximum Gasteiger partial charge on any atom is 0.407 e. The van der Waals surface area contributed by atoms with Crippen LogP contribution in [0.15, 0.2) is 98.1 Å². The predicted molar refractivity (Wildman–Crippen MR) is 219 cm³/mol. The Balaban J connectivity index is 0.000000377. The van der Waals surface area contributed by atoms with Gasteiger partial charge < -0.3 is 35.1 Å². The summed E-state index contributed by atoms with van der Waals surface area (Å²) in [5.74, 6) is -0.696. The standard InChI is InChI=1S/C23H32N3O5.C17H20N3O3.C4H10O/c1-4-21(27)17-18(2)31-23(29)24-10-5-22(28)30-16-15-26-13-8-20(9-14-26)19-6-11-25(3)12-7-19;1-19-8-3-15(4-9-19)16-5-10-20(11-6-16)12-13-23-17(22)2-7-18-14-21;1-3-4(2)5/h6-9,11-14,18,21,27H,4-5,10,15-17H2,1-3H3;3-6,8-11,14H,2,7,12-13H2,1H3;4-5H,3H2,1-2H3/q2*+1;/p+2. The summed E-state index contributed by atoms with van der Waals surface area (Å²) >= 11 is 0. The number of rotatable bonds is 20. The van der Waals surface area contributed by atoms with Gasteiger partial charge in [0.2, 0.25) is 6.41 Å². The third-order valence-corrected chi connectivity index (χ3v) is 8.76. The van der Waals surface area contributed by atoms with Gasteiger partial charge in [-0.15, -0.1) is 0 Å². The van der Waals surface area contributed by atoms with E-state index in [-0.39, 0.29) is 44.0 Å². The summed E-state index contributed by atoms with van der Waals surface area (Å²) in [6, 6.07) is 16.3. The number of aromatic nitrogens is 4. The number of aliphatic hydroxyl groups is 2. The number of ether oxygens (including phenoxy) is 3. The number of nitrogens with one attached hydrogen (secondary N) is 2. The van der Waals surface area contributed by atoms with Crippen LogP contribution in [0.2, 0.25) is 0 Å². The topological polar surface area (TPSA) is 176 Å². The highest BCUT2D eigenvalue weighted by atomic mass is 16.6. The fraction of sp³-hybridized carbons (Fsp3) is 0.455. The molecule has 4 aromatic rings. The summed E-state index contributed by atoms with van der Waals surface area (Å²) in [6.45, 7) is 9.45. The van der Waals surface area contributed by atoms with Crippen LogP contribution in [0.25, 0.3) is 22.3 Å². The smallest absolute Gasteiger partial charge is 0.407 e. The molecule has 0 spiro atoms. The van der Waals surface area contributed by atoms with E-state index in [1.807, 2.05) is 120 Å². The Bertz CT molecular complexity index is 1790. The molecule has 2 amide bonds. The van der Waals surface area contributed by atoms with Crippen molar-refractivity contribution in [2.45, 2.75) is 91.2 Å². The second-order valence-corrected chi connectivity index (χ2v) is 13.9. The molecule has 0 bridgehead atoms. The average Bonchev–Trinajstić information content (AvgIpc) is 3.22. The van der Waals surface area contributed by atoms with Crippen LogP contribution in [0.1, 0.15) is 59.8 Å². The fourth-order valence-corrected chi connectivity index (χ4v) is 4.98. The second kappa shape index (κ2) is 28.6. The summed E-state index contributed by atoms with van der Waals surface area (Å²) in [6.07, 6.45) is 16.9. The zero-order valence-electron chi connectivity index (χ0n) is 35.4. The van der Waals surface area contributed by atoms with E-state index < -0.39 is 18.3 Å². The highest BCUT2D eigenvalue weighted by Gasteiger charge is 2.14. The molecule has 0 fully saturated rings. The fourth-order valence-electron chi connectivity index (χ4n) is 4.98. The third kappa shape index (κ3) is 22.1. The van der Waals surface area contributed by atoms with Crippen molar-refractivity contribution in [3.8, 4) is 22.3 Å². The number of nitrogens with zero attached hydrogens (tertiary/aromatic N) is 4. The maximum absolute atomic E-state index is 11.8. The molecule has 0 aliphatic heterocycles. The highest BCUT2D eigenvalue weighted by Crippen LogP contribution is 2.16. The molecule has 4 rings (SSSR count). The monoisotopic (exact) mass is 820 g/mol. The minimum Gasteiger partial charge on any atom is -0.459 e. The zero-order valence-corrected chi connectivity index (χ0v) is 35.4. The van der Waals surface area contributed by atoms with Crippen LogP contribution in [0, 0.1) is 0 Å². The van der Waals surface area contributed by atoms with Crippen LogP contribution in [-0.4, -0.2) is 79.3 Å². The molecule has 3 atom stereocenters. The molecule has 59 heavy (non-hydrogen) atoms. The van der Waals surface area contributed by atoms with Crippen LogP contribution >= 0.6 is 0 Å². The van der Waals surface area contributed by atoms with E-state index in [4.69, 9.17) is 19.3 Å². The van der Waals surface area contributed by atoms with Gasteiger partial charge >= 0.3 is 18.0 Å². The predicted octanol–water partition coefficient (Wildman–Crippen LogP) is 2.60. The van der Waals surface area contributed by atoms with Gasteiger partial charge in [-0.25, -0.2) is 23.1 Å². The molecule has 3 unspecified atom stereocenters. The lowest BCUT2D eigenvalue weighted by atomic mass is 10.1. The molecular weight excluding hydrogens is 757 g/mol. The van der Waals surface area contributed by atoms with E-state index in [1.165, 1.54) is 0 Å². The lowest BCUT2D eigenvalue weighted by Gasteiger charge is -2.16. The summed E-state index contributed by atoms with van der Waals surface area (Å²) in [5.41, 5.74) is 4.55. The number of hydrogen-bond acceptors (Lipinski definition) is 9. The largest absolute Gasteiger partial charge is 0.459 e. The number of carbonyl (C=O) groups is 4. The molecule has 0 aliphatic carbocycles. The van der Waals surface area contributed by atoms with Crippen molar-refractivity contribution < 1.29 is 61.9 Å². The van der Waals surface area contributed by atoms with E-state index >= 15 is 0 Å². The van der Waals surface area contributed by atoms with Crippen LogP contribution in [0.4, 0.5) is 4.79 Å². The first kappa shape index (κ1) is 49.3. The Morgan fingerprint density at radius 3 is 1.42 bits per heavy atom. The van der Waals surface area contributed by atoms with Crippen LogP contribution < -0.4 is 28.9 Å². The van der Waals surface area contributed by atoms with Crippen LogP contribution in [0.5, 0.6) is 0 Å². The first-order valence-corrected chi connectivity index (χ1v) is 20.0. The van der Waals surface area contributed by atoms with Crippen LogP contribution in [0.3, 0.4) is 0 Å². The Morgan fingerprint density at radius 2 is 1.05 bits per heavy atom. The first-order valence-electron chi connectivity index (χ1n) is 20.0. The molecule has 4 N–H and O–H groups in total. The second-order valence-electron chi connectivity index (χ2n) is 13.9. The number of pyridine rings is 4. The van der Waals surface area contributed by atoms with Crippen molar-refractivity contribution in [3.63, 3.8) is 0 Å². The maximum atomic E-state index is 11.8. The SMILES string of the molecule is CCC(C)O.CCC(O)CC(C)OC(=O)NCCC(=O)OCC[n+]1ccc(-c2cc[n+](C)cc2)cc1.C[n+]1ccc(-c2cc[n+](CCOC(=O)CCNC=O)cc2)cc1. The summed E-state index contributed by atoms with van der Waals surface area (Å²) in [5, 5.41) is 22.9. The minimum absolute atomic E-state index is 0.0656. The molecule has 0 saturated carbocycles. The lowest BCUT2D eigenvalue weighted by molar-refractivity contribution is -0.697. The van der Waals surface area contributed by atoms with E-state index in [1.54, 1.807) is 13.8 Å². The van der Waals surface area contributed by atoms with Gasteiger partial charge in [-0.2, -0.15) is 0 Å². The van der Waals surface area contributed by atoms with Gasteiger partial charge in [-0.1, -0.05) is 13.8 Å². The molecule has 0 radical (unpaired) electrons. The Labute approximate surface area is 348 Å². The number of aliphatic hydroxyl groups excluding tert-OH is 2. The van der Waals surface area contributed by atoms with Crippen molar-refractivity contribution >= 4 is 24.4 Å². The van der Waals surface area contributed by atoms with E-state index in [0.717, 1.165) is 28.7 Å². The minimum atomic E-state index is -0.605. The summed E-state index contributed by atoms with van der Waals surface area (Å²) in [7, 11) is 3.96. The molecule has 4 heterocycles. The highest BCUT2D eigenvalue weighted by molar-refractivity contribution is 5.72. The molecule has 0 aromatic carbocycles. The molecule has 0 saturated heterocycles. The Morgan fingerprint density at radius 1 is 0.661 bits per heavy atom. The summed E-state index contributed by atoms with van der Waals surface area (Å²) in [4.78, 5) is 45.0. The molecule has 15 nitrogen and oxygen atoms in total. The number of carbonyl (C=O) groups excluding carboxylic acids is 4. The number of alkyl carbamates (subject to hydrolysis) is 1. The number of amides is 2. The van der Waals surface area contributed by atoms with Gasteiger partial charge in [0.25, 0.3) is 0 Å². The van der Waals surface area contributed by atoms with Crippen molar-refractivity contribution in [3.05, 3.63) is 98.1 Å². The molecule has 15 heteroatoms. The van der Waals surface area contributed by atoms with E-state index in [0.29, 0.717) is 45.5 Å². The molecule has 320 valence electrons. The van der Waals surface area contributed by atoms with E-state index in [2.05, 4.69) is 34.9 Å². The first-order chi connectivity index (χ1) is 28.3. The Kier molecular flexibility index (Phi) is 23.9. The van der Waals surface area contributed by atoms with Gasteiger partial charge in [0.1, 0.15) is 20.2 Å². The van der Waals surface area contributed by atoms with E-state index in [9.17, 15) is 24.3 Å². The van der Waals surface area contributed by atoms with Gasteiger partial charge in [0.15, 0.2) is 75.9 Å². The number of hydrogen-bond donors (Lipinski definition) is 4. The van der Waals surface area contributed by atoms with Crippen molar-refractivity contribution in [1.29, 1.82) is 0 Å². The van der Waals surface area contributed by atoms with Crippen molar-refractivity contribution in [1.82, 2.24) is 10.6 Å². The van der Waals surface area contributed by atoms with Crippen LogP contribution in [-0.2, 0) is 55.8 Å². The van der Waals surface area contributed by atoms with Crippen molar-refractivity contribution in [2.75, 3.05) is 26.3 Å². The normalized spacial score (nSPS) is 11.9. The summed E-state index contributed by atoms with van der Waals surface area (Å²) < 4.78 is 23.3. The quantitative estimate of drug-likeness (QED) is 0.0344. The number of esters is 2. The molecule has 0 aliphatic rings. The molecule has 4 aromatic heterocycles.